The van der Waals surface area contributed by atoms with E-state index in [2.05, 4.69) is 39.8 Å². The monoisotopic (exact) mass is 704 g/mol. The first kappa shape index (κ1) is 37.0. The molecule has 1 heterocycles. The van der Waals surface area contributed by atoms with E-state index in [0.29, 0.717) is 59.0 Å². The van der Waals surface area contributed by atoms with Crippen LogP contribution in [0.4, 0.5) is 0 Å². The molecule has 0 amide bonds. The highest BCUT2D eigenvalue weighted by molar-refractivity contribution is 6.30. The van der Waals surface area contributed by atoms with Crippen LogP contribution in [0.5, 0.6) is 0 Å². The van der Waals surface area contributed by atoms with Gasteiger partial charge in [0.15, 0.2) is 5.78 Å². The number of Topliss-reactive ketones (excluding diaryl/α,β-unsaturated/α-hetero) is 1. The summed E-state index contributed by atoms with van der Waals surface area (Å²) in [5.74, 6) is 3.37. The lowest BCUT2D eigenvalue weighted by Crippen LogP contribution is -2.57. The average Bonchev–Trinajstić information content (AvgIpc) is 3.63. The molecule has 4 aliphatic carbocycles. The second-order valence-electron chi connectivity index (χ2n) is 18.0. The zero-order valence-electron chi connectivity index (χ0n) is 31.4. The quantitative estimate of drug-likeness (QED) is 0.170. The molecule has 2 aromatic rings. The van der Waals surface area contributed by atoms with Crippen LogP contribution in [-0.2, 0) is 25.5 Å². The number of aldehydes is 1. The molecule has 50 heavy (non-hydrogen) atoms. The average molecular weight is 705 g/mol. The maximum Gasteiger partial charge on any atom is 0.307 e. The minimum atomic E-state index is -0.709. The number of nitrogens with zero attached hydrogens (tertiary/aromatic N) is 2. The van der Waals surface area contributed by atoms with E-state index < -0.39 is 5.41 Å². The molecule has 0 N–H and O–H groups in total. The molecule has 4 aliphatic rings. The number of ether oxygens (including phenoxy) is 1. The van der Waals surface area contributed by atoms with Crippen molar-refractivity contribution >= 4 is 29.6 Å². The SMILES string of the molecule is CC(CCC1(C)C(C)CCC2(C)C3CCC4(Cc5nc(-c6ccc(Cl)cc6)no5)CC(=O)C(C(C)C)=C4C3CCC12)OC(=O)CC(C)(C)C=O. The summed E-state index contributed by atoms with van der Waals surface area (Å²) < 4.78 is 11.7. The molecule has 8 unspecified atom stereocenters. The number of halogens is 1. The lowest BCUT2D eigenvalue weighted by molar-refractivity contribution is -0.155. The summed E-state index contributed by atoms with van der Waals surface area (Å²) in [6.07, 6.45) is 10.4. The number of rotatable bonds is 11. The van der Waals surface area contributed by atoms with Gasteiger partial charge in [0, 0.05) is 34.3 Å². The van der Waals surface area contributed by atoms with Crippen LogP contribution in [-0.4, -0.2) is 34.3 Å². The van der Waals surface area contributed by atoms with Crippen molar-refractivity contribution in [2.24, 2.45) is 51.2 Å². The minimum Gasteiger partial charge on any atom is -0.463 e. The zero-order chi connectivity index (χ0) is 36.2. The molecule has 0 radical (unpaired) electrons. The van der Waals surface area contributed by atoms with E-state index in [4.69, 9.17) is 25.8 Å². The highest BCUT2D eigenvalue weighted by atomic mass is 35.5. The maximum atomic E-state index is 13.9. The first-order valence-corrected chi connectivity index (χ1v) is 19.4. The second kappa shape index (κ2) is 13.6. The van der Waals surface area contributed by atoms with Crippen molar-refractivity contribution in [3.8, 4) is 11.4 Å². The van der Waals surface area contributed by atoms with Gasteiger partial charge in [-0.3, -0.25) is 9.59 Å². The Hall–Kier alpha value is -2.80. The molecule has 0 saturated heterocycles. The lowest BCUT2D eigenvalue weighted by Gasteiger charge is -2.65. The van der Waals surface area contributed by atoms with E-state index in [9.17, 15) is 14.4 Å². The first-order valence-electron chi connectivity index (χ1n) is 19.0. The van der Waals surface area contributed by atoms with Crippen molar-refractivity contribution < 1.29 is 23.6 Å². The molecule has 0 spiro atoms. The predicted octanol–water partition coefficient (Wildman–Crippen LogP) is 10.1. The summed E-state index contributed by atoms with van der Waals surface area (Å²) in [4.78, 5) is 42.8. The molecule has 1 aromatic heterocycles. The van der Waals surface area contributed by atoms with Gasteiger partial charge in [-0.15, -0.1) is 0 Å². The fraction of sp³-hybridized carbons (Fsp3) is 0.690. The van der Waals surface area contributed by atoms with Crippen molar-refractivity contribution in [1.29, 1.82) is 0 Å². The van der Waals surface area contributed by atoms with Crippen LogP contribution in [0.2, 0.25) is 5.02 Å². The third-order valence-electron chi connectivity index (χ3n) is 13.9. The number of allylic oxidation sites excluding steroid dienone is 2. The summed E-state index contributed by atoms with van der Waals surface area (Å²) in [5, 5.41) is 4.99. The van der Waals surface area contributed by atoms with Gasteiger partial charge in [-0.2, -0.15) is 4.98 Å². The Morgan fingerprint density at radius 3 is 2.50 bits per heavy atom. The molecule has 8 heteroatoms. The van der Waals surface area contributed by atoms with Gasteiger partial charge >= 0.3 is 5.97 Å². The number of esters is 1. The molecular weight excluding hydrogens is 648 g/mol. The third kappa shape index (κ3) is 6.65. The maximum absolute atomic E-state index is 13.9. The lowest BCUT2D eigenvalue weighted by atomic mass is 9.40. The van der Waals surface area contributed by atoms with Gasteiger partial charge in [0.2, 0.25) is 11.7 Å². The van der Waals surface area contributed by atoms with Gasteiger partial charge < -0.3 is 14.1 Å². The van der Waals surface area contributed by atoms with E-state index in [-0.39, 0.29) is 40.7 Å². The van der Waals surface area contributed by atoms with Crippen molar-refractivity contribution in [1.82, 2.24) is 10.1 Å². The number of carbonyl (C=O) groups excluding carboxylic acids is 3. The van der Waals surface area contributed by atoms with Crippen LogP contribution in [0, 0.1) is 51.2 Å². The molecule has 6 rings (SSSR count). The van der Waals surface area contributed by atoms with E-state index in [1.54, 1.807) is 13.8 Å². The van der Waals surface area contributed by atoms with Crippen LogP contribution in [0.25, 0.3) is 11.4 Å². The Labute approximate surface area is 303 Å². The Morgan fingerprint density at radius 1 is 1.10 bits per heavy atom. The van der Waals surface area contributed by atoms with E-state index in [1.807, 2.05) is 31.2 Å². The predicted molar refractivity (Wildman–Crippen MR) is 195 cm³/mol. The van der Waals surface area contributed by atoms with Crippen LogP contribution in [0.15, 0.2) is 39.9 Å². The molecule has 0 bridgehead atoms. The molecule has 8 atom stereocenters. The second-order valence-corrected chi connectivity index (χ2v) is 18.4. The summed E-state index contributed by atoms with van der Waals surface area (Å²) in [7, 11) is 0. The number of fused-ring (bicyclic) bond motifs is 5. The molecule has 3 saturated carbocycles. The number of carbonyl (C=O) groups is 3. The van der Waals surface area contributed by atoms with Crippen LogP contribution in [0.3, 0.4) is 0 Å². The Balaban J connectivity index is 1.24. The van der Waals surface area contributed by atoms with Crippen molar-refractivity contribution in [3.63, 3.8) is 0 Å². The van der Waals surface area contributed by atoms with Gasteiger partial charge in [-0.25, -0.2) is 0 Å². The Morgan fingerprint density at radius 2 is 1.82 bits per heavy atom. The van der Waals surface area contributed by atoms with Gasteiger partial charge in [0.05, 0.1) is 12.5 Å². The number of ketones is 1. The number of hydrogen-bond acceptors (Lipinski definition) is 7. The highest BCUT2D eigenvalue weighted by Crippen LogP contribution is 2.70. The Kier molecular flexibility index (Phi) is 10.1. The molecule has 3 fully saturated rings. The molecular formula is C42H57ClN2O5. The van der Waals surface area contributed by atoms with Crippen LogP contribution in [0.1, 0.15) is 125 Å². The molecule has 1 aromatic carbocycles. The number of aromatic nitrogens is 2. The number of benzene rings is 1. The fourth-order valence-corrected chi connectivity index (χ4v) is 11.3. The van der Waals surface area contributed by atoms with Crippen molar-refractivity contribution in [2.75, 3.05) is 0 Å². The molecule has 272 valence electrons. The van der Waals surface area contributed by atoms with Crippen LogP contribution >= 0.6 is 11.6 Å². The summed E-state index contributed by atoms with van der Waals surface area (Å²) >= 11 is 6.12. The molecule has 0 aliphatic heterocycles. The van der Waals surface area contributed by atoms with E-state index >= 15 is 0 Å². The summed E-state index contributed by atoms with van der Waals surface area (Å²) in [5.41, 5.74) is 2.66. The largest absolute Gasteiger partial charge is 0.463 e. The smallest absolute Gasteiger partial charge is 0.307 e. The third-order valence-corrected chi connectivity index (χ3v) is 14.1. The van der Waals surface area contributed by atoms with E-state index in [1.165, 1.54) is 18.4 Å². The topological polar surface area (TPSA) is 99.4 Å². The van der Waals surface area contributed by atoms with Crippen LogP contribution < -0.4 is 0 Å². The standard InChI is InChI=1S/C42H57ClN2O5/c1-25(2)36-32(47)21-42(22-34-44-38(45-50-34)28-9-11-29(43)12-10-28)20-17-31-30(37(36)42)13-14-33-40(7,26(3)15-18-41(31,33)8)19-16-27(4)49-35(48)23-39(5,6)24-46/h9-12,24-27,30-31,33H,13-23H2,1-8H3. The minimum absolute atomic E-state index is 0.104. The molecule has 7 nitrogen and oxygen atoms in total. The van der Waals surface area contributed by atoms with Gasteiger partial charge in [0.1, 0.15) is 6.29 Å². The highest BCUT2D eigenvalue weighted by Gasteiger charge is 2.63. The van der Waals surface area contributed by atoms with Gasteiger partial charge in [-0.05, 0) is 129 Å². The number of hydrogen-bond donors (Lipinski definition) is 0. The van der Waals surface area contributed by atoms with Gasteiger partial charge in [-0.1, -0.05) is 70.8 Å². The zero-order valence-corrected chi connectivity index (χ0v) is 32.2. The summed E-state index contributed by atoms with van der Waals surface area (Å²) in [6, 6.07) is 7.48. The van der Waals surface area contributed by atoms with Crippen molar-refractivity contribution in [2.45, 2.75) is 132 Å². The van der Waals surface area contributed by atoms with Gasteiger partial charge in [0.25, 0.3) is 0 Å². The van der Waals surface area contributed by atoms with Crippen molar-refractivity contribution in [3.05, 3.63) is 46.3 Å². The normalized spacial score (nSPS) is 33.1. The summed E-state index contributed by atoms with van der Waals surface area (Å²) in [6.45, 7) is 17.4. The first-order chi connectivity index (χ1) is 23.5. The fourth-order valence-electron chi connectivity index (χ4n) is 11.2. The van der Waals surface area contributed by atoms with E-state index in [0.717, 1.165) is 55.9 Å². The Bertz CT molecular complexity index is 1640.